The van der Waals surface area contributed by atoms with E-state index in [1.165, 1.54) is 5.56 Å². The number of benzene rings is 2. The quantitative estimate of drug-likeness (QED) is 0.759. The first-order valence-electron chi connectivity index (χ1n) is 8.55. The van der Waals surface area contributed by atoms with Gasteiger partial charge in [0.25, 0.3) is 0 Å². The Bertz CT molecular complexity index is 709. The molecular formula is C20H27Cl2N3O. The number of anilines is 2. The molecule has 0 aromatic heterocycles. The molecule has 0 aliphatic carbocycles. The molecule has 142 valence electrons. The molecule has 2 aromatic rings. The second kappa shape index (κ2) is 10.4. The third kappa shape index (κ3) is 5.90. The van der Waals surface area contributed by atoms with E-state index in [0.717, 1.165) is 43.7 Å². The Morgan fingerprint density at radius 1 is 1.19 bits per heavy atom. The zero-order valence-electron chi connectivity index (χ0n) is 15.0. The molecule has 1 atom stereocenters. The highest BCUT2D eigenvalue weighted by Crippen LogP contribution is 2.23. The summed E-state index contributed by atoms with van der Waals surface area (Å²) in [6.07, 6.45) is 2.00. The molecule has 0 radical (unpaired) electrons. The van der Waals surface area contributed by atoms with Gasteiger partial charge in [0.1, 0.15) is 0 Å². The van der Waals surface area contributed by atoms with E-state index >= 15 is 0 Å². The van der Waals surface area contributed by atoms with Crippen LogP contribution in [-0.2, 0) is 11.3 Å². The first-order chi connectivity index (χ1) is 11.6. The summed E-state index contributed by atoms with van der Waals surface area (Å²) in [5.41, 5.74) is 9.65. The molecule has 1 aliphatic rings. The Labute approximate surface area is 168 Å². The summed E-state index contributed by atoms with van der Waals surface area (Å²) >= 11 is 0. The number of likely N-dealkylation sites (tertiary alicyclic amines) is 1. The number of rotatable bonds is 4. The minimum absolute atomic E-state index is 0. The van der Waals surface area contributed by atoms with Gasteiger partial charge in [-0.05, 0) is 49.6 Å². The van der Waals surface area contributed by atoms with Gasteiger partial charge in [0.2, 0.25) is 5.91 Å². The lowest BCUT2D eigenvalue weighted by atomic mass is 9.96. The van der Waals surface area contributed by atoms with Crippen LogP contribution in [0.25, 0.3) is 0 Å². The highest BCUT2D eigenvalue weighted by molar-refractivity contribution is 5.94. The van der Waals surface area contributed by atoms with E-state index in [4.69, 9.17) is 5.73 Å². The maximum absolute atomic E-state index is 12.7. The molecule has 0 saturated carbocycles. The largest absolute Gasteiger partial charge is 0.399 e. The Kier molecular flexibility index (Phi) is 8.93. The van der Waals surface area contributed by atoms with Crippen LogP contribution in [0.5, 0.6) is 0 Å². The van der Waals surface area contributed by atoms with Crippen LogP contribution in [0.4, 0.5) is 11.4 Å². The third-order valence-corrected chi connectivity index (χ3v) is 4.64. The van der Waals surface area contributed by atoms with Crippen LogP contribution in [0.2, 0.25) is 0 Å². The molecule has 3 rings (SSSR count). The molecule has 4 nitrogen and oxygen atoms in total. The molecule has 3 N–H and O–H groups in total. The predicted molar refractivity (Wildman–Crippen MR) is 113 cm³/mol. The van der Waals surface area contributed by atoms with Crippen molar-refractivity contribution < 1.29 is 4.79 Å². The van der Waals surface area contributed by atoms with Crippen LogP contribution in [0, 0.1) is 12.8 Å². The Balaban J connectivity index is 0.00000169. The van der Waals surface area contributed by atoms with Gasteiger partial charge in [0.05, 0.1) is 5.92 Å². The molecule has 1 unspecified atom stereocenters. The normalized spacial score (nSPS) is 16.9. The smallest absolute Gasteiger partial charge is 0.228 e. The van der Waals surface area contributed by atoms with Crippen LogP contribution >= 0.6 is 24.8 Å². The first-order valence-corrected chi connectivity index (χ1v) is 8.55. The SMILES string of the molecule is Cc1ccc(N)cc1NC(=O)C1CCCN(Cc2ccccc2)C1.Cl.Cl. The van der Waals surface area contributed by atoms with E-state index in [0.29, 0.717) is 5.69 Å². The number of nitrogens with one attached hydrogen (secondary N) is 1. The molecule has 0 bridgehead atoms. The standard InChI is InChI=1S/C20H25N3O.2ClH/c1-15-9-10-18(21)12-19(15)22-20(24)17-8-5-11-23(14-17)13-16-6-3-2-4-7-16;;/h2-4,6-7,9-10,12,17H,5,8,11,13-14,21H2,1H3,(H,22,24);2*1H. The lowest BCUT2D eigenvalue weighted by Crippen LogP contribution is -2.40. The molecular weight excluding hydrogens is 369 g/mol. The van der Waals surface area contributed by atoms with Gasteiger partial charge in [0.15, 0.2) is 0 Å². The van der Waals surface area contributed by atoms with Gasteiger partial charge >= 0.3 is 0 Å². The van der Waals surface area contributed by atoms with Gasteiger partial charge in [-0.2, -0.15) is 0 Å². The van der Waals surface area contributed by atoms with Crippen LogP contribution in [0.15, 0.2) is 48.5 Å². The van der Waals surface area contributed by atoms with Crippen molar-refractivity contribution in [1.29, 1.82) is 0 Å². The average molecular weight is 396 g/mol. The number of nitrogens with two attached hydrogens (primary N) is 1. The topological polar surface area (TPSA) is 58.4 Å². The summed E-state index contributed by atoms with van der Waals surface area (Å²) in [6, 6.07) is 16.1. The fraction of sp³-hybridized carbons (Fsp3) is 0.350. The van der Waals surface area contributed by atoms with Gasteiger partial charge in [-0.25, -0.2) is 0 Å². The van der Waals surface area contributed by atoms with Crippen LogP contribution in [-0.4, -0.2) is 23.9 Å². The van der Waals surface area contributed by atoms with Crippen molar-refractivity contribution >= 4 is 42.1 Å². The van der Waals surface area contributed by atoms with Crippen molar-refractivity contribution in [2.75, 3.05) is 24.1 Å². The summed E-state index contributed by atoms with van der Waals surface area (Å²) in [5.74, 6) is 0.129. The minimum Gasteiger partial charge on any atom is -0.399 e. The highest BCUT2D eigenvalue weighted by Gasteiger charge is 2.26. The van der Waals surface area contributed by atoms with Crippen molar-refractivity contribution in [1.82, 2.24) is 4.90 Å². The second-order valence-electron chi connectivity index (χ2n) is 6.62. The van der Waals surface area contributed by atoms with Crippen molar-refractivity contribution in [3.05, 3.63) is 59.7 Å². The van der Waals surface area contributed by atoms with E-state index in [-0.39, 0.29) is 36.6 Å². The Morgan fingerprint density at radius 2 is 1.92 bits per heavy atom. The summed E-state index contributed by atoms with van der Waals surface area (Å²) < 4.78 is 0. The van der Waals surface area contributed by atoms with Crippen molar-refractivity contribution in [2.45, 2.75) is 26.3 Å². The molecule has 1 saturated heterocycles. The fourth-order valence-corrected chi connectivity index (χ4v) is 3.26. The maximum atomic E-state index is 12.7. The summed E-state index contributed by atoms with van der Waals surface area (Å²) in [7, 11) is 0. The molecule has 6 heteroatoms. The monoisotopic (exact) mass is 395 g/mol. The van der Waals surface area contributed by atoms with E-state index in [2.05, 4.69) is 34.5 Å². The van der Waals surface area contributed by atoms with E-state index < -0.39 is 0 Å². The minimum atomic E-state index is 0. The van der Waals surface area contributed by atoms with Crippen molar-refractivity contribution in [3.63, 3.8) is 0 Å². The maximum Gasteiger partial charge on any atom is 0.228 e. The average Bonchev–Trinajstić information content (AvgIpc) is 2.59. The molecule has 2 aromatic carbocycles. The molecule has 26 heavy (non-hydrogen) atoms. The van der Waals surface area contributed by atoms with Crippen LogP contribution in [0.1, 0.15) is 24.0 Å². The molecule has 0 spiro atoms. The molecule has 1 fully saturated rings. The Hall–Kier alpha value is -1.75. The zero-order valence-corrected chi connectivity index (χ0v) is 16.6. The fourth-order valence-electron chi connectivity index (χ4n) is 3.26. The summed E-state index contributed by atoms with van der Waals surface area (Å²) in [5, 5.41) is 3.06. The van der Waals surface area contributed by atoms with E-state index in [1.807, 2.05) is 31.2 Å². The molecule has 1 aliphatic heterocycles. The number of hydrogen-bond donors (Lipinski definition) is 2. The lowest BCUT2D eigenvalue weighted by Gasteiger charge is -2.32. The summed E-state index contributed by atoms with van der Waals surface area (Å²) in [4.78, 5) is 15.0. The molecule has 1 amide bonds. The van der Waals surface area contributed by atoms with Gasteiger partial charge in [-0.15, -0.1) is 24.8 Å². The molecule has 1 heterocycles. The van der Waals surface area contributed by atoms with Crippen molar-refractivity contribution in [3.8, 4) is 0 Å². The van der Waals surface area contributed by atoms with Crippen molar-refractivity contribution in [2.24, 2.45) is 5.92 Å². The predicted octanol–water partition coefficient (Wildman–Crippen LogP) is 4.27. The number of halogens is 2. The van der Waals surface area contributed by atoms with Gasteiger partial charge in [-0.3, -0.25) is 9.69 Å². The van der Waals surface area contributed by atoms with Gasteiger partial charge < -0.3 is 11.1 Å². The third-order valence-electron chi connectivity index (χ3n) is 4.64. The lowest BCUT2D eigenvalue weighted by molar-refractivity contribution is -0.121. The number of hydrogen-bond acceptors (Lipinski definition) is 3. The second-order valence-corrected chi connectivity index (χ2v) is 6.62. The number of nitrogens with zero attached hydrogens (tertiary/aromatic N) is 1. The number of carbonyl (C=O) groups excluding carboxylic acids is 1. The number of aryl methyl sites for hydroxylation is 1. The van der Waals surface area contributed by atoms with Gasteiger partial charge in [-0.1, -0.05) is 36.4 Å². The van der Waals surface area contributed by atoms with Crippen LogP contribution < -0.4 is 11.1 Å². The highest BCUT2D eigenvalue weighted by atomic mass is 35.5. The van der Waals surface area contributed by atoms with Crippen LogP contribution in [0.3, 0.4) is 0 Å². The number of nitrogen functional groups attached to an aromatic ring is 1. The van der Waals surface area contributed by atoms with E-state index in [9.17, 15) is 4.79 Å². The first kappa shape index (κ1) is 22.3. The number of carbonyl (C=O) groups is 1. The summed E-state index contributed by atoms with van der Waals surface area (Å²) in [6.45, 7) is 4.75. The Morgan fingerprint density at radius 3 is 2.65 bits per heavy atom. The van der Waals surface area contributed by atoms with E-state index in [1.54, 1.807) is 0 Å². The van der Waals surface area contributed by atoms with Gasteiger partial charge in [0, 0.05) is 24.5 Å². The zero-order chi connectivity index (χ0) is 16.9. The number of amides is 1. The number of piperidine rings is 1.